The molecule has 1 aromatic carbocycles. The summed E-state index contributed by atoms with van der Waals surface area (Å²) in [5.74, 6) is -0.337. The molecule has 1 aromatic rings. The van der Waals surface area contributed by atoms with Crippen LogP contribution >= 0.6 is 11.8 Å². The van der Waals surface area contributed by atoms with Crippen LogP contribution in [0.15, 0.2) is 24.3 Å². The van der Waals surface area contributed by atoms with E-state index in [-0.39, 0.29) is 5.82 Å². The fraction of sp³-hybridized carbons (Fsp3) is 0. The lowest BCUT2D eigenvalue weighted by molar-refractivity contribution is 0.630. The van der Waals surface area contributed by atoms with Crippen molar-refractivity contribution < 1.29 is 4.39 Å². The van der Waals surface area contributed by atoms with E-state index in [1.165, 1.54) is 6.07 Å². The summed E-state index contributed by atoms with van der Waals surface area (Å²) < 4.78 is 12.6. The Balaban J connectivity index is 2.81. The topological polar surface area (TPSA) is 24.1 Å². The highest BCUT2D eigenvalue weighted by molar-refractivity contribution is 6.13. The van der Waals surface area contributed by atoms with E-state index in [0.717, 1.165) is 0 Å². The molecule has 2 nitrogen and oxygen atoms in total. The maximum absolute atomic E-state index is 12.6. The molecule has 0 amide bonds. The van der Waals surface area contributed by atoms with Crippen molar-refractivity contribution >= 4 is 17.5 Å². The molecule has 2 N–H and O–H groups in total. The molecule has 10 heavy (non-hydrogen) atoms. The molecule has 4 heteroatoms. The third-order valence-corrected chi connectivity index (χ3v) is 1.15. The van der Waals surface area contributed by atoms with E-state index < -0.39 is 0 Å². The lowest BCUT2D eigenvalue weighted by Gasteiger charge is -2.01. The number of halogens is 2. The Morgan fingerprint density at radius 2 is 2.00 bits per heavy atom. The fourth-order valence-electron chi connectivity index (χ4n) is 0.613. The standard InChI is InChI=1S/C6H6ClFN2/c7-10-9-6-4-2-1-3-5(6)8/h1-4,9-10H. The molecule has 0 radical (unpaired) electrons. The van der Waals surface area contributed by atoms with E-state index in [9.17, 15) is 4.39 Å². The monoisotopic (exact) mass is 160 g/mol. The molecule has 0 spiro atoms. The molecular formula is C6H6ClFN2. The molecular weight excluding hydrogens is 155 g/mol. The second kappa shape index (κ2) is 3.39. The maximum atomic E-state index is 12.6. The van der Waals surface area contributed by atoms with Crippen molar-refractivity contribution in [2.24, 2.45) is 0 Å². The third kappa shape index (κ3) is 1.59. The summed E-state index contributed by atoms with van der Waals surface area (Å²) in [6.07, 6.45) is 0. The summed E-state index contributed by atoms with van der Waals surface area (Å²) in [5, 5.41) is 0. The molecule has 0 atom stereocenters. The van der Waals surface area contributed by atoms with Gasteiger partial charge in [-0.05, 0) is 23.9 Å². The van der Waals surface area contributed by atoms with Gasteiger partial charge in [0.15, 0.2) is 0 Å². The predicted octanol–water partition coefficient (Wildman–Crippen LogP) is 1.90. The van der Waals surface area contributed by atoms with Gasteiger partial charge in [-0.1, -0.05) is 12.1 Å². The highest BCUT2D eigenvalue weighted by atomic mass is 35.5. The van der Waals surface area contributed by atoms with Gasteiger partial charge in [0.1, 0.15) is 5.82 Å². The molecule has 0 aliphatic rings. The van der Waals surface area contributed by atoms with E-state index in [0.29, 0.717) is 5.69 Å². The number of rotatable bonds is 2. The molecule has 0 heterocycles. The Kier molecular flexibility index (Phi) is 2.48. The van der Waals surface area contributed by atoms with Crippen LogP contribution in [-0.4, -0.2) is 0 Å². The minimum atomic E-state index is -0.337. The van der Waals surface area contributed by atoms with E-state index >= 15 is 0 Å². The summed E-state index contributed by atoms with van der Waals surface area (Å²) in [6, 6.07) is 6.23. The van der Waals surface area contributed by atoms with Crippen molar-refractivity contribution in [1.82, 2.24) is 4.94 Å². The number of hydrazine groups is 1. The Morgan fingerprint density at radius 1 is 1.30 bits per heavy atom. The molecule has 1 rings (SSSR count). The van der Waals surface area contributed by atoms with Crippen LogP contribution in [0.5, 0.6) is 0 Å². The second-order valence-electron chi connectivity index (χ2n) is 1.70. The second-order valence-corrected chi connectivity index (χ2v) is 1.89. The van der Waals surface area contributed by atoms with Gasteiger partial charge in [-0.2, -0.15) is 0 Å². The highest BCUT2D eigenvalue weighted by Crippen LogP contribution is 2.10. The quantitative estimate of drug-likeness (QED) is 0.510. The van der Waals surface area contributed by atoms with E-state index in [1.54, 1.807) is 18.2 Å². The van der Waals surface area contributed by atoms with Crippen molar-refractivity contribution in [2.45, 2.75) is 0 Å². The fourth-order valence-corrected chi connectivity index (χ4v) is 0.715. The molecule has 0 bridgehead atoms. The summed E-state index contributed by atoms with van der Waals surface area (Å²) in [7, 11) is 0. The van der Waals surface area contributed by atoms with Crippen molar-refractivity contribution in [1.29, 1.82) is 0 Å². The average molecular weight is 161 g/mol. The molecule has 0 unspecified atom stereocenters. The zero-order valence-corrected chi connectivity index (χ0v) is 5.82. The zero-order chi connectivity index (χ0) is 7.40. The van der Waals surface area contributed by atoms with Crippen molar-refractivity contribution in [3.05, 3.63) is 30.1 Å². The third-order valence-electron chi connectivity index (χ3n) is 1.06. The first-order valence-corrected chi connectivity index (χ1v) is 3.08. The minimum Gasteiger partial charge on any atom is -0.305 e. The zero-order valence-electron chi connectivity index (χ0n) is 5.07. The molecule has 0 saturated heterocycles. The Morgan fingerprint density at radius 3 is 2.60 bits per heavy atom. The van der Waals surface area contributed by atoms with Crippen LogP contribution in [0.2, 0.25) is 0 Å². The largest absolute Gasteiger partial charge is 0.305 e. The number of anilines is 1. The molecule has 0 aromatic heterocycles. The normalized spacial score (nSPS) is 9.40. The smallest absolute Gasteiger partial charge is 0.147 e. The molecule has 0 aliphatic carbocycles. The lowest BCUT2D eigenvalue weighted by Crippen LogP contribution is -2.09. The molecule has 0 aliphatic heterocycles. The van der Waals surface area contributed by atoms with Crippen LogP contribution in [0.25, 0.3) is 0 Å². The summed E-state index contributed by atoms with van der Waals surface area (Å²) >= 11 is 5.08. The van der Waals surface area contributed by atoms with Gasteiger partial charge in [0.2, 0.25) is 0 Å². The van der Waals surface area contributed by atoms with Gasteiger partial charge in [-0.25, -0.2) is 4.39 Å². The average Bonchev–Trinajstić information content (AvgIpc) is 1.94. The first-order valence-electron chi connectivity index (χ1n) is 2.71. The van der Waals surface area contributed by atoms with E-state index in [2.05, 4.69) is 10.4 Å². The van der Waals surface area contributed by atoms with Crippen LogP contribution < -0.4 is 10.4 Å². The number of benzene rings is 1. The lowest BCUT2D eigenvalue weighted by atomic mass is 10.3. The highest BCUT2D eigenvalue weighted by Gasteiger charge is 1.95. The van der Waals surface area contributed by atoms with E-state index in [4.69, 9.17) is 11.8 Å². The van der Waals surface area contributed by atoms with Crippen LogP contribution in [0.3, 0.4) is 0 Å². The Hall–Kier alpha value is -0.800. The Labute approximate surface area is 63.1 Å². The van der Waals surface area contributed by atoms with Gasteiger partial charge in [-0.15, -0.1) is 4.94 Å². The number of para-hydroxylation sites is 1. The Bertz CT molecular complexity index is 217. The van der Waals surface area contributed by atoms with Crippen LogP contribution in [0, 0.1) is 5.82 Å². The van der Waals surface area contributed by atoms with Gasteiger partial charge in [0.25, 0.3) is 0 Å². The SMILES string of the molecule is Fc1ccccc1NNCl. The van der Waals surface area contributed by atoms with Crippen molar-refractivity contribution in [2.75, 3.05) is 5.43 Å². The van der Waals surface area contributed by atoms with Gasteiger partial charge >= 0.3 is 0 Å². The first-order chi connectivity index (χ1) is 4.84. The van der Waals surface area contributed by atoms with Crippen LogP contribution in [0.4, 0.5) is 10.1 Å². The van der Waals surface area contributed by atoms with Crippen LogP contribution in [0.1, 0.15) is 0 Å². The van der Waals surface area contributed by atoms with Crippen molar-refractivity contribution in [3.8, 4) is 0 Å². The molecule has 54 valence electrons. The first kappa shape index (κ1) is 7.31. The number of nitrogens with one attached hydrogen (secondary N) is 2. The minimum absolute atomic E-state index is 0.331. The number of hydrogen-bond acceptors (Lipinski definition) is 2. The van der Waals surface area contributed by atoms with Gasteiger partial charge in [0, 0.05) is 0 Å². The summed E-state index contributed by atoms with van der Waals surface area (Å²) in [4.78, 5) is 2.11. The molecule has 0 fully saturated rings. The summed E-state index contributed by atoms with van der Waals surface area (Å²) in [6.45, 7) is 0. The predicted molar refractivity (Wildman–Crippen MR) is 39.0 cm³/mol. The maximum Gasteiger partial charge on any atom is 0.147 e. The van der Waals surface area contributed by atoms with Gasteiger partial charge in [-0.3, -0.25) is 0 Å². The van der Waals surface area contributed by atoms with Crippen molar-refractivity contribution in [3.63, 3.8) is 0 Å². The molecule has 0 saturated carbocycles. The summed E-state index contributed by atoms with van der Waals surface area (Å²) in [5.41, 5.74) is 2.75. The van der Waals surface area contributed by atoms with E-state index in [1.807, 2.05) is 0 Å². The number of hydrogen-bond donors (Lipinski definition) is 2. The van der Waals surface area contributed by atoms with Gasteiger partial charge < -0.3 is 5.43 Å². The van der Waals surface area contributed by atoms with Crippen LogP contribution in [-0.2, 0) is 0 Å². The van der Waals surface area contributed by atoms with Gasteiger partial charge in [0.05, 0.1) is 5.69 Å².